The summed E-state index contributed by atoms with van der Waals surface area (Å²) in [5.41, 5.74) is 2.19. The fourth-order valence-electron chi connectivity index (χ4n) is 3.34. The quantitative estimate of drug-likeness (QED) is 0.521. The van der Waals surface area contributed by atoms with Crippen LogP contribution in [0, 0.1) is 25.5 Å². The Hall–Kier alpha value is -3.42. The second-order valence-electron chi connectivity index (χ2n) is 7.18. The molecule has 1 aromatic carbocycles. The highest BCUT2D eigenvalue weighted by atomic mass is 19.1. The van der Waals surface area contributed by atoms with Gasteiger partial charge < -0.3 is 9.88 Å². The van der Waals surface area contributed by atoms with Crippen LogP contribution >= 0.6 is 0 Å². The number of aryl methyl sites for hydroxylation is 2. The number of hydrogen-bond donors (Lipinski definition) is 1. The van der Waals surface area contributed by atoms with Crippen LogP contribution < -0.4 is 5.32 Å². The van der Waals surface area contributed by atoms with E-state index in [1.54, 1.807) is 18.3 Å². The monoisotopic (exact) mass is 394 g/mol. The van der Waals surface area contributed by atoms with Crippen molar-refractivity contribution in [2.75, 3.05) is 5.32 Å². The van der Waals surface area contributed by atoms with Gasteiger partial charge >= 0.3 is 0 Å². The lowest BCUT2D eigenvalue weighted by atomic mass is 10.1. The van der Waals surface area contributed by atoms with Crippen LogP contribution in [0.5, 0.6) is 0 Å². The van der Waals surface area contributed by atoms with E-state index in [1.807, 2.05) is 38.3 Å². The molecule has 0 bridgehead atoms. The second kappa shape index (κ2) is 7.20. The van der Waals surface area contributed by atoms with Crippen molar-refractivity contribution in [1.29, 1.82) is 0 Å². The van der Waals surface area contributed by atoms with Gasteiger partial charge in [0.2, 0.25) is 5.95 Å². The first kappa shape index (κ1) is 18.9. The van der Waals surface area contributed by atoms with Crippen molar-refractivity contribution in [1.82, 2.24) is 24.5 Å². The van der Waals surface area contributed by atoms with E-state index in [0.717, 1.165) is 11.8 Å². The highest BCUT2D eigenvalue weighted by Gasteiger charge is 2.18. The number of pyridine rings is 1. The summed E-state index contributed by atoms with van der Waals surface area (Å²) < 4.78 is 31.2. The van der Waals surface area contributed by atoms with Crippen LogP contribution in [-0.4, -0.2) is 24.5 Å². The molecule has 0 atom stereocenters. The van der Waals surface area contributed by atoms with E-state index in [1.165, 1.54) is 6.07 Å². The third-order valence-corrected chi connectivity index (χ3v) is 4.61. The normalized spacial score (nSPS) is 11.4. The van der Waals surface area contributed by atoms with Gasteiger partial charge in [-0.1, -0.05) is 6.07 Å². The number of anilines is 2. The molecule has 0 spiro atoms. The van der Waals surface area contributed by atoms with Crippen molar-refractivity contribution in [3.05, 3.63) is 59.7 Å². The van der Waals surface area contributed by atoms with Gasteiger partial charge in [-0.05, 0) is 51.5 Å². The molecule has 4 rings (SSSR count). The van der Waals surface area contributed by atoms with Gasteiger partial charge in [0, 0.05) is 17.8 Å². The molecule has 148 valence electrons. The van der Waals surface area contributed by atoms with Crippen LogP contribution in [0.25, 0.3) is 22.3 Å². The molecule has 0 radical (unpaired) electrons. The Labute approximate surface area is 166 Å². The minimum atomic E-state index is -0.640. The zero-order valence-corrected chi connectivity index (χ0v) is 16.5. The van der Waals surface area contributed by atoms with E-state index < -0.39 is 11.6 Å². The van der Waals surface area contributed by atoms with Crippen LogP contribution in [0.2, 0.25) is 0 Å². The Morgan fingerprint density at radius 3 is 2.45 bits per heavy atom. The summed E-state index contributed by atoms with van der Waals surface area (Å²) in [4.78, 5) is 16.8. The first-order valence-electron chi connectivity index (χ1n) is 9.24. The Balaban J connectivity index is 1.80. The van der Waals surface area contributed by atoms with Crippen molar-refractivity contribution in [2.24, 2.45) is 0 Å². The predicted molar refractivity (Wildman–Crippen MR) is 108 cm³/mol. The molecule has 3 aromatic heterocycles. The average molecular weight is 394 g/mol. The fraction of sp³-hybridized carbons (Fsp3) is 0.238. The molecule has 0 amide bonds. The van der Waals surface area contributed by atoms with E-state index in [0.29, 0.717) is 22.7 Å². The summed E-state index contributed by atoms with van der Waals surface area (Å²) in [6, 6.07) is 6.70. The van der Waals surface area contributed by atoms with Crippen LogP contribution in [0.3, 0.4) is 0 Å². The van der Waals surface area contributed by atoms with Crippen molar-refractivity contribution < 1.29 is 8.78 Å². The maximum absolute atomic E-state index is 14.7. The fourth-order valence-corrected chi connectivity index (χ4v) is 3.34. The first-order valence-corrected chi connectivity index (χ1v) is 9.24. The van der Waals surface area contributed by atoms with E-state index >= 15 is 0 Å². The van der Waals surface area contributed by atoms with Gasteiger partial charge in [-0.3, -0.25) is 0 Å². The number of aromatic nitrogens is 5. The van der Waals surface area contributed by atoms with Gasteiger partial charge in [0.1, 0.15) is 22.9 Å². The molecule has 0 aliphatic rings. The smallest absolute Gasteiger partial charge is 0.229 e. The van der Waals surface area contributed by atoms with Crippen molar-refractivity contribution in [3.8, 4) is 11.3 Å². The van der Waals surface area contributed by atoms with Gasteiger partial charge in [0.25, 0.3) is 0 Å². The van der Waals surface area contributed by atoms with Crippen molar-refractivity contribution in [3.63, 3.8) is 0 Å². The largest absolute Gasteiger partial charge is 0.326 e. The topological polar surface area (TPSA) is 68.5 Å². The molecule has 8 heteroatoms. The predicted octanol–water partition coefficient (Wildman–Crippen LogP) is 5.11. The highest BCUT2D eigenvalue weighted by Crippen LogP contribution is 2.30. The standard InChI is InChI=1S/C21H20F2N6/c1-11(2)29-13(4)26-20-15(22)7-14(8-17(20)29)19-16(23)10-25-21(28-19)27-18-6-5-12(3)9-24-18/h5-11H,1-4H3,(H,24,25,27,28). The SMILES string of the molecule is Cc1ccc(Nc2ncc(F)c(-c3cc(F)c4nc(C)n(C(C)C)c4c3)n2)nc1. The molecule has 0 aliphatic carbocycles. The summed E-state index contributed by atoms with van der Waals surface area (Å²) in [5, 5.41) is 2.94. The molecule has 0 unspecified atom stereocenters. The number of halogens is 2. The molecule has 6 nitrogen and oxygen atoms in total. The van der Waals surface area contributed by atoms with E-state index in [9.17, 15) is 8.78 Å². The zero-order chi connectivity index (χ0) is 20.7. The summed E-state index contributed by atoms with van der Waals surface area (Å²) in [6.45, 7) is 7.72. The molecule has 4 aromatic rings. The van der Waals surface area contributed by atoms with E-state index in [-0.39, 0.29) is 23.2 Å². The Kier molecular flexibility index (Phi) is 4.70. The average Bonchev–Trinajstić information content (AvgIpc) is 3.02. The summed E-state index contributed by atoms with van der Waals surface area (Å²) in [7, 11) is 0. The molecule has 1 N–H and O–H groups in total. The van der Waals surface area contributed by atoms with Crippen LogP contribution in [0.15, 0.2) is 36.7 Å². The third kappa shape index (κ3) is 3.53. The number of hydrogen-bond acceptors (Lipinski definition) is 5. The number of nitrogens with zero attached hydrogens (tertiary/aromatic N) is 5. The zero-order valence-electron chi connectivity index (χ0n) is 16.5. The summed E-state index contributed by atoms with van der Waals surface area (Å²) in [5.74, 6) is 0.239. The first-order chi connectivity index (χ1) is 13.8. The molecule has 3 heterocycles. The molecular weight excluding hydrogens is 374 g/mol. The molecular formula is C21H20F2N6. The van der Waals surface area contributed by atoms with Crippen molar-refractivity contribution in [2.45, 2.75) is 33.7 Å². The Bertz CT molecular complexity index is 1200. The summed E-state index contributed by atoms with van der Waals surface area (Å²) >= 11 is 0. The second-order valence-corrected chi connectivity index (χ2v) is 7.18. The van der Waals surface area contributed by atoms with Crippen molar-refractivity contribution >= 4 is 22.8 Å². The molecule has 0 fully saturated rings. The van der Waals surface area contributed by atoms with Gasteiger partial charge in [-0.2, -0.15) is 0 Å². The van der Waals surface area contributed by atoms with Gasteiger partial charge in [0.15, 0.2) is 11.6 Å². The number of benzene rings is 1. The highest BCUT2D eigenvalue weighted by molar-refractivity contribution is 5.83. The van der Waals surface area contributed by atoms with Crippen LogP contribution in [0.1, 0.15) is 31.3 Å². The van der Waals surface area contributed by atoms with Crippen LogP contribution in [-0.2, 0) is 0 Å². The molecule has 0 saturated carbocycles. The third-order valence-electron chi connectivity index (χ3n) is 4.61. The van der Waals surface area contributed by atoms with E-state index in [4.69, 9.17) is 0 Å². The molecule has 29 heavy (non-hydrogen) atoms. The number of fused-ring (bicyclic) bond motifs is 1. The molecule has 0 aliphatic heterocycles. The lowest BCUT2D eigenvalue weighted by molar-refractivity contribution is 0.600. The minimum absolute atomic E-state index is 0.00423. The van der Waals surface area contributed by atoms with Crippen LogP contribution in [0.4, 0.5) is 20.5 Å². The lowest BCUT2D eigenvalue weighted by Crippen LogP contribution is -2.04. The number of nitrogens with one attached hydrogen (secondary N) is 1. The number of imidazole rings is 1. The summed E-state index contributed by atoms with van der Waals surface area (Å²) in [6.07, 6.45) is 2.76. The number of rotatable bonds is 4. The Morgan fingerprint density at radius 2 is 1.76 bits per heavy atom. The van der Waals surface area contributed by atoms with E-state index in [2.05, 4.69) is 25.3 Å². The maximum atomic E-state index is 14.7. The minimum Gasteiger partial charge on any atom is -0.326 e. The van der Waals surface area contributed by atoms with Gasteiger partial charge in [-0.15, -0.1) is 0 Å². The van der Waals surface area contributed by atoms with Gasteiger partial charge in [0.05, 0.1) is 11.7 Å². The lowest BCUT2D eigenvalue weighted by Gasteiger charge is -2.12. The van der Waals surface area contributed by atoms with Gasteiger partial charge in [-0.25, -0.2) is 28.7 Å². The maximum Gasteiger partial charge on any atom is 0.229 e. The molecule has 0 saturated heterocycles. The Morgan fingerprint density at radius 1 is 0.966 bits per heavy atom.